The zero-order chi connectivity index (χ0) is 15.1. The van der Waals surface area contributed by atoms with Crippen LogP contribution in [0.25, 0.3) is 0 Å². The largest absolute Gasteiger partial charge is 0.399 e. The highest BCUT2D eigenvalue weighted by atomic mass is 16.6. The average molecular weight is 294 g/mol. The van der Waals surface area contributed by atoms with E-state index < -0.39 is 0 Å². The van der Waals surface area contributed by atoms with Crippen molar-refractivity contribution in [1.82, 2.24) is 4.90 Å². The molecule has 0 aromatic heterocycles. The topological polar surface area (TPSA) is 41.9 Å². The third-order valence-corrected chi connectivity index (χ3v) is 5.02. The molecule has 1 heterocycles. The van der Waals surface area contributed by atoms with Crippen LogP contribution in [0.5, 0.6) is 0 Å². The Bertz CT molecular complexity index is 368. The van der Waals surface area contributed by atoms with Crippen LogP contribution >= 0.6 is 0 Å². The van der Waals surface area contributed by atoms with E-state index in [1.54, 1.807) is 7.11 Å². The molecule has 4 heteroatoms. The van der Waals surface area contributed by atoms with Gasteiger partial charge in [0.25, 0.3) is 0 Å². The summed E-state index contributed by atoms with van der Waals surface area (Å²) in [6.45, 7) is 1.13. The van der Waals surface area contributed by atoms with Crippen molar-refractivity contribution in [2.45, 2.75) is 70.3 Å². The highest BCUT2D eigenvalue weighted by Crippen LogP contribution is 2.29. The maximum atomic E-state index is 12.1. The Hall–Kier alpha value is -0.900. The number of nitrogens with zero attached hydrogens (tertiary/aromatic N) is 2. The van der Waals surface area contributed by atoms with E-state index in [1.807, 2.05) is 0 Å². The number of Topliss-reactive ketones (excluding diaryl/α,β-unsaturated/α-hetero) is 1. The molecule has 0 amide bonds. The van der Waals surface area contributed by atoms with Crippen LogP contribution in [0.2, 0.25) is 0 Å². The van der Waals surface area contributed by atoms with Gasteiger partial charge in [0.2, 0.25) is 0 Å². The highest BCUT2D eigenvalue weighted by molar-refractivity contribution is 5.85. The van der Waals surface area contributed by atoms with E-state index >= 15 is 0 Å². The lowest BCUT2D eigenvalue weighted by Gasteiger charge is -2.37. The molecule has 1 saturated carbocycles. The Morgan fingerprint density at radius 1 is 1.10 bits per heavy atom. The third-order valence-electron chi connectivity index (χ3n) is 5.02. The van der Waals surface area contributed by atoms with Crippen LogP contribution < -0.4 is 0 Å². The molecule has 2 unspecified atom stereocenters. The van der Waals surface area contributed by atoms with Crippen LogP contribution in [0.4, 0.5) is 0 Å². The summed E-state index contributed by atoms with van der Waals surface area (Å²) in [4.78, 5) is 19.6. The molecule has 1 aliphatic carbocycles. The number of hydrogen-bond donors (Lipinski definition) is 0. The van der Waals surface area contributed by atoms with Crippen LogP contribution in [-0.2, 0) is 9.63 Å². The summed E-state index contributed by atoms with van der Waals surface area (Å²) in [5.41, 5.74) is 1.17. The monoisotopic (exact) mass is 294 g/mol. The van der Waals surface area contributed by atoms with Gasteiger partial charge in [-0.15, -0.1) is 0 Å². The molecule has 21 heavy (non-hydrogen) atoms. The van der Waals surface area contributed by atoms with Gasteiger partial charge in [0, 0.05) is 25.3 Å². The first-order chi connectivity index (χ1) is 10.2. The normalized spacial score (nSPS) is 32.1. The fourth-order valence-electron chi connectivity index (χ4n) is 3.82. The average Bonchev–Trinajstić information content (AvgIpc) is 2.42. The molecule has 4 nitrogen and oxygen atoms in total. The summed E-state index contributed by atoms with van der Waals surface area (Å²) < 4.78 is 0. The van der Waals surface area contributed by atoms with Crippen molar-refractivity contribution in [3.63, 3.8) is 0 Å². The Morgan fingerprint density at radius 3 is 2.71 bits per heavy atom. The molecule has 2 atom stereocenters. The standard InChI is InChI=1S/C17H30N2O2/c1-19-11-7-6-9-15(18-21-2)13-17(19)14-8-4-3-5-10-16(20)12-14/h14,17H,3-13H2,1-2H3. The summed E-state index contributed by atoms with van der Waals surface area (Å²) >= 11 is 0. The first-order valence-electron chi connectivity index (χ1n) is 8.51. The van der Waals surface area contributed by atoms with E-state index in [2.05, 4.69) is 17.1 Å². The van der Waals surface area contributed by atoms with E-state index in [4.69, 9.17) is 4.84 Å². The van der Waals surface area contributed by atoms with Gasteiger partial charge in [-0.1, -0.05) is 18.0 Å². The Kier molecular flexibility index (Phi) is 6.68. The van der Waals surface area contributed by atoms with E-state index in [1.165, 1.54) is 37.8 Å². The Labute approximate surface area is 128 Å². The van der Waals surface area contributed by atoms with Gasteiger partial charge in [-0.25, -0.2) is 0 Å². The minimum Gasteiger partial charge on any atom is -0.399 e. The molecular formula is C17H30N2O2. The number of ketones is 1. The van der Waals surface area contributed by atoms with Gasteiger partial charge in [-0.3, -0.25) is 4.79 Å². The molecule has 0 aromatic carbocycles. The van der Waals surface area contributed by atoms with Gasteiger partial charge < -0.3 is 9.74 Å². The highest BCUT2D eigenvalue weighted by Gasteiger charge is 2.30. The van der Waals surface area contributed by atoms with Gasteiger partial charge >= 0.3 is 0 Å². The van der Waals surface area contributed by atoms with Crippen LogP contribution in [-0.4, -0.2) is 43.1 Å². The second-order valence-electron chi connectivity index (χ2n) is 6.65. The maximum absolute atomic E-state index is 12.1. The predicted molar refractivity (Wildman–Crippen MR) is 85.5 cm³/mol. The smallest absolute Gasteiger partial charge is 0.133 e. The molecule has 1 saturated heterocycles. The van der Waals surface area contributed by atoms with Crippen molar-refractivity contribution in [3.8, 4) is 0 Å². The fourth-order valence-corrected chi connectivity index (χ4v) is 3.82. The number of oxime groups is 1. The molecule has 0 spiro atoms. The maximum Gasteiger partial charge on any atom is 0.133 e. The van der Waals surface area contributed by atoms with Crippen LogP contribution in [0.3, 0.4) is 0 Å². The molecule has 2 aliphatic rings. The molecule has 2 fully saturated rings. The Morgan fingerprint density at radius 2 is 1.90 bits per heavy atom. The van der Waals surface area contributed by atoms with Gasteiger partial charge in [0.15, 0.2) is 0 Å². The molecule has 0 bridgehead atoms. The van der Waals surface area contributed by atoms with Crippen molar-refractivity contribution in [3.05, 3.63) is 0 Å². The number of rotatable bonds is 2. The van der Waals surface area contributed by atoms with Gasteiger partial charge in [-0.05, 0) is 51.6 Å². The molecule has 1 aliphatic heterocycles. The van der Waals surface area contributed by atoms with E-state index in [-0.39, 0.29) is 0 Å². The first-order valence-corrected chi connectivity index (χ1v) is 8.51. The van der Waals surface area contributed by atoms with Gasteiger partial charge in [0.1, 0.15) is 12.9 Å². The lowest BCUT2D eigenvalue weighted by molar-refractivity contribution is -0.121. The Balaban J connectivity index is 2.10. The summed E-state index contributed by atoms with van der Waals surface area (Å²) in [5.74, 6) is 0.948. The van der Waals surface area contributed by atoms with Crippen LogP contribution in [0, 0.1) is 5.92 Å². The molecular weight excluding hydrogens is 264 g/mol. The minimum absolute atomic E-state index is 0.446. The van der Waals surface area contributed by atoms with E-state index in [0.717, 1.165) is 38.6 Å². The fraction of sp³-hybridized carbons (Fsp3) is 0.882. The molecule has 2 rings (SSSR count). The molecule has 0 radical (unpaired) electrons. The second kappa shape index (κ2) is 8.52. The predicted octanol–water partition coefficient (Wildman–Crippen LogP) is 3.40. The second-order valence-corrected chi connectivity index (χ2v) is 6.65. The van der Waals surface area contributed by atoms with E-state index in [0.29, 0.717) is 17.7 Å². The number of carbonyl (C=O) groups is 1. The number of hydrogen-bond acceptors (Lipinski definition) is 4. The van der Waals surface area contributed by atoms with Crippen molar-refractivity contribution >= 4 is 11.5 Å². The van der Waals surface area contributed by atoms with Crippen molar-refractivity contribution in [2.75, 3.05) is 20.7 Å². The molecule has 120 valence electrons. The van der Waals surface area contributed by atoms with Crippen molar-refractivity contribution in [1.29, 1.82) is 0 Å². The lowest BCUT2D eigenvalue weighted by atomic mass is 9.81. The molecule has 0 aromatic rings. The van der Waals surface area contributed by atoms with Gasteiger partial charge in [-0.2, -0.15) is 0 Å². The summed E-state index contributed by atoms with van der Waals surface area (Å²) in [7, 11) is 3.84. The summed E-state index contributed by atoms with van der Waals surface area (Å²) in [6, 6.07) is 0.446. The quantitative estimate of drug-likeness (QED) is 0.733. The van der Waals surface area contributed by atoms with E-state index in [9.17, 15) is 4.79 Å². The minimum atomic E-state index is 0.446. The first kappa shape index (κ1) is 16.5. The van der Waals surface area contributed by atoms with Crippen molar-refractivity contribution < 1.29 is 9.63 Å². The zero-order valence-corrected chi connectivity index (χ0v) is 13.6. The number of carbonyl (C=O) groups excluding carboxylic acids is 1. The molecule has 0 N–H and O–H groups in total. The summed E-state index contributed by atoms with van der Waals surface area (Å²) in [5, 5.41) is 4.23. The summed E-state index contributed by atoms with van der Waals surface area (Å²) in [6.07, 6.45) is 10.7. The third kappa shape index (κ3) is 5.10. The van der Waals surface area contributed by atoms with Gasteiger partial charge in [0.05, 0.1) is 5.71 Å². The van der Waals surface area contributed by atoms with Crippen molar-refractivity contribution in [2.24, 2.45) is 11.1 Å². The SMILES string of the molecule is CON=C1CCCCN(C)C(C2CCCCCC(=O)C2)C1. The van der Waals surface area contributed by atoms with Crippen LogP contribution in [0.1, 0.15) is 64.2 Å². The number of likely N-dealkylation sites (tertiary alicyclic amines) is 1. The zero-order valence-electron chi connectivity index (χ0n) is 13.6. The van der Waals surface area contributed by atoms with Crippen LogP contribution in [0.15, 0.2) is 5.16 Å². The lowest BCUT2D eigenvalue weighted by Crippen LogP contribution is -2.42.